The third-order valence-electron chi connectivity index (χ3n) is 3.97. The number of hydrogen-bond acceptors (Lipinski definition) is 3. The number of carbonyl (C=O) groups excluding carboxylic acids is 1. The maximum atomic E-state index is 11.9. The van der Waals surface area contributed by atoms with Crippen LogP contribution in [0.15, 0.2) is 73.1 Å². The van der Waals surface area contributed by atoms with E-state index in [-0.39, 0.29) is 12.5 Å². The molecular formula is C21H23N3O2. The second kappa shape index (κ2) is 9.53. The van der Waals surface area contributed by atoms with Gasteiger partial charge in [0.2, 0.25) is 5.91 Å². The summed E-state index contributed by atoms with van der Waals surface area (Å²) in [5, 5.41) is 7.19. The predicted molar refractivity (Wildman–Crippen MR) is 101 cm³/mol. The standard InChI is InChI=1S/C21H23N3O2/c25-21(17-26-12-11-18-7-3-1-4-8-18)22-13-20-14-23-24(16-20)15-19-9-5-2-6-10-19/h1-10,14,16H,11-13,15,17H2,(H,22,25). The molecule has 1 heterocycles. The van der Waals surface area contributed by atoms with Crippen molar-refractivity contribution in [3.63, 3.8) is 0 Å². The van der Waals surface area contributed by atoms with Crippen molar-refractivity contribution in [3.8, 4) is 0 Å². The van der Waals surface area contributed by atoms with E-state index in [1.54, 1.807) is 6.20 Å². The first kappa shape index (κ1) is 17.9. The van der Waals surface area contributed by atoms with Crippen LogP contribution in [0, 0.1) is 0 Å². The molecule has 0 bridgehead atoms. The average molecular weight is 349 g/mol. The van der Waals surface area contributed by atoms with E-state index in [9.17, 15) is 4.79 Å². The minimum Gasteiger partial charge on any atom is -0.371 e. The van der Waals surface area contributed by atoms with Gasteiger partial charge in [-0.3, -0.25) is 9.48 Å². The average Bonchev–Trinajstić information content (AvgIpc) is 3.12. The summed E-state index contributed by atoms with van der Waals surface area (Å²) in [7, 11) is 0. The van der Waals surface area contributed by atoms with Crippen molar-refractivity contribution in [2.45, 2.75) is 19.5 Å². The summed E-state index contributed by atoms with van der Waals surface area (Å²) >= 11 is 0. The molecule has 0 spiro atoms. The molecule has 0 atom stereocenters. The molecule has 0 saturated carbocycles. The Labute approximate surface area is 153 Å². The molecule has 0 aliphatic carbocycles. The van der Waals surface area contributed by atoms with Crippen molar-refractivity contribution in [1.82, 2.24) is 15.1 Å². The Bertz CT molecular complexity index is 800. The first-order valence-corrected chi connectivity index (χ1v) is 8.73. The van der Waals surface area contributed by atoms with E-state index >= 15 is 0 Å². The molecule has 1 aromatic heterocycles. The summed E-state index contributed by atoms with van der Waals surface area (Å²) < 4.78 is 7.31. The van der Waals surface area contributed by atoms with Crippen molar-refractivity contribution in [2.24, 2.45) is 0 Å². The number of ether oxygens (including phenoxy) is 1. The Morgan fingerprint density at radius 3 is 2.38 bits per heavy atom. The number of rotatable bonds is 9. The lowest BCUT2D eigenvalue weighted by molar-refractivity contribution is -0.125. The first-order valence-electron chi connectivity index (χ1n) is 8.73. The van der Waals surface area contributed by atoms with Crippen LogP contribution in [0.2, 0.25) is 0 Å². The molecule has 0 aliphatic heterocycles. The van der Waals surface area contributed by atoms with Gasteiger partial charge in [0.05, 0.1) is 19.3 Å². The number of nitrogens with zero attached hydrogens (tertiary/aromatic N) is 2. The molecular weight excluding hydrogens is 326 g/mol. The largest absolute Gasteiger partial charge is 0.371 e. The van der Waals surface area contributed by atoms with E-state index in [1.807, 2.05) is 47.3 Å². The number of aromatic nitrogens is 2. The molecule has 0 unspecified atom stereocenters. The van der Waals surface area contributed by atoms with Crippen LogP contribution in [0.5, 0.6) is 0 Å². The highest BCUT2D eigenvalue weighted by molar-refractivity contribution is 5.77. The molecule has 1 N–H and O–H groups in total. The summed E-state index contributed by atoms with van der Waals surface area (Å²) in [5.41, 5.74) is 3.37. The molecule has 3 rings (SSSR count). The SMILES string of the molecule is O=C(COCCc1ccccc1)NCc1cnn(Cc2ccccc2)c1. The van der Waals surface area contributed by atoms with E-state index in [4.69, 9.17) is 4.74 Å². The molecule has 26 heavy (non-hydrogen) atoms. The van der Waals surface area contributed by atoms with Crippen molar-refractivity contribution < 1.29 is 9.53 Å². The lowest BCUT2D eigenvalue weighted by Crippen LogP contribution is -2.27. The maximum absolute atomic E-state index is 11.9. The first-order chi connectivity index (χ1) is 12.8. The summed E-state index contributed by atoms with van der Waals surface area (Å²) in [6.07, 6.45) is 4.53. The topological polar surface area (TPSA) is 56.1 Å². The summed E-state index contributed by atoms with van der Waals surface area (Å²) in [6.45, 7) is 1.78. The number of benzene rings is 2. The Balaban J connectivity index is 1.34. The molecule has 5 nitrogen and oxygen atoms in total. The molecule has 0 fully saturated rings. The summed E-state index contributed by atoms with van der Waals surface area (Å²) in [5.74, 6) is -0.117. The van der Waals surface area contributed by atoms with Gasteiger partial charge in [-0.2, -0.15) is 5.10 Å². The van der Waals surface area contributed by atoms with Crippen LogP contribution in [-0.2, 0) is 29.0 Å². The minimum atomic E-state index is -0.117. The van der Waals surface area contributed by atoms with E-state index in [2.05, 4.69) is 34.7 Å². The van der Waals surface area contributed by atoms with E-state index in [0.29, 0.717) is 13.2 Å². The van der Waals surface area contributed by atoms with Gasteiger partial charge in [-0.25, -0.2) is 0 Å². The number of carbonyl (C=O) groups is 1. The Morgan fingerprint density at radius 2 is 1.65 bits per heavy atom. The van der Waals surface area contributed by atoms with Gasteiger partial charge >= 0.3 is 0 Å². The quantitative estimate of drug-likeness (QED) is 0.605. The van der Waals surface area contributed by atoms with Gasteiger partial charge in [-0.1, -0.05) is 60.7 Å². The second-order valence-corrected chi connectivity index (χ2v) is 6.10. The van der Waals surface area contributed by atoms with Gasteiger partial charge in [0.15, 0.2) is 0 Å². The van der Waals surface area contributed by atoms with Gasteiger partial charge in [-0.05, 0) is 17.5 Å². The van der Waals surface area contributed by atoms with Crippen LogP contribution in [0.4, 0.5) is 0 Å². The highest BCUT2D eigenvalue weighted by Crippen LogP contribution is 2.04. The third kappa shape index (κ3) is 5.86. The van der Waals surface area contributed by atoms with E-state index in [1.165, 1.54) is 11.1 Å². The van der Waals surface area contributed by atoms with Crippen molar-refractivity contribution in [2.75, 3.05) is 13.2 Å². The van der Waals surface area contributed by atoms with Gasteiger partial charge in [0.25, 0.3) is 0 Å². The smallest absolute Gasteiger partial charge is 0.246 e. The Hall–Kier alpha value is -2.92. The van der Waals surface area contributed by atoms with Gasteiger partial charge in [0, 0.05) is 18.3 Å². The molecule has 0 saturated heterocycles. The van der Waals surface area contributed by atoms with Crippen molar-refractivity contribution in [3.05, 3.63) is 89.7 Å². The molecule has 3 aromatic rings. The normalized spacial score (nSPS) is 10.6. The van der Waals surface area contributed by atoms with Gasteiger partial charge in [0.1, 0.15) is 6.61 Å². The number of amides is 1. The van der Waals surface area contributed by atoms with Crippen molar-refractivity contribution in [1.29, 1.82) is 0 Å². The van der Waals surface area contributed by atoms with E-state index < -0.39 is 0 Å². The highest BCUT2D eigenvalue weighted by Gasteiger charge is 2.04. The minimum absolute atomic E-state index is 0.0744. The fraction of sp³-hybridized carbons (Fsp3) is 0.238. The Morgan fingerprint density at radius 1 is 0.962 bits per heavy atom. The molecule has 5 heteroatoms. The number of nitrogens with one attached hydrogen (secondary N) is 1. The fourth-order valence-corrected chi connectivity index (χ4v) is 2.61. The Kier molecular flexibility index (Phi) is 6.56. The van der Waals surface area contributed by atoms with Crippen LogP contribution in [0.25, 0.3) is 0 Å². The summed E-state index contributed by atoms with van der Waals surface area (Å²) in [4.78, 5) is 11.9. The van der Waals surface area contributed by atoms with Gasteiger partial charge < -0.3 is 10.1 Å². The molecule has 1 amide bonds. The molecule has 134 valence electrons. The van der Waals surface area contributed by atoms with Crippen molar-refractivity contribution >= 4 is 5.91 Å². The lowest BCUT2D eigenvalue weighted by atomic mass is 10.2. The summed E-state index contributed by atoms with van der Waals surface area (Å²) in [6, 6.07) is 20.2. The van der Waals surface area contributed by atoms with Crippen LogP contribution in [-0.4, -0.2) is 28.9 Å². The van der Waals surface area contributed by atoms with Crippen LogP contribution in [0.3, 0.4) is 0 Å². The molecule has 2 aromatic carbocycles. The van der Waals surface area contributed by atoms with Crippen LogP contribution >= 0.6 is 0 Å². The third-order valence-corrected chi connectivity index (χ3v) is 3.97. The van der Waals surface area contributed by atoms with Gasteiger partial charge in [-0.15, -0.1) is 0 Å². The van der Waals surface area contributed by atoms with E-state index in [0.717, 1.165) is 18.5 Å². The predicted octanol–water partition coefficient (Wildman–Crippen LogP) is 2.81. The zero-order valence-electron chi connectivity index (χ0n) is 14.7. The molecule has 0 aliphatic rings. The molecule has 0 radical (unpaired) electrons. The fourth-order valence-electron chi connectivity index (χ4n) is 2.61. The van der Waals surface area contributed by atoms with Crippen LogP contribution < -0.4 is 5.32 Å². The highest BCUT2D eigenvalue weighted by atomic mass is 16.5. The zero-order chi connectivity index (χ0) is 18.0. The lowest BCUT2D eigenvalue weighted by Gasteiger charge is -2.05. The monoisotopic (exact) mass is 349 g/mol. The van der Waals surface area contributed by atoms with Crippen LogP contribution in [0.1, 0.15) is 16.7 Å². The zero-order valence-corrected chi connectivity index (χ0v) is 14.7. The maximum Gasteiger partial charge on any atom is 0.246 e. The second-order valence-electron chi connectivity index (χ2n) is 6.10. The number of hydrogen-bond donors (Lipinski definition) is 1.